The summed E-state index contributed by atoms with van der Waals surface area (Å²) >= 11 is 0. The molecule has 2 aromatic carbocycles. The van der Waals surface area contributed by atoms with Crippen molar-refractivity contribution in [2.24, 2.45) is 5.16 Å². The topological polar surface area (TPSA) is 51.1 Å². The van der Waals surface area contributed by atoms with Gasteiger partial charge in [-0.1, -0.05) is 17.3 Å². The van der Waals surface area contributed by atoms with E-state index in [0.29, 0.717) is 19.5 Å². The van der Waals surface area contributed by atoms with Crippen LogP contribution in [0.15, 0.2) is 53.7 Å². The lowest BCUT2D eigenvalue weighted by Gasteiger charge is -2.23. The first-order valence-corrected chi connectivity index (χ1v) is 8.53. The number of carbonyl (C=O) groups excluding carboxylic acids is 1. The van der Waals surface area contributed by atoms with Gasteiger partial charge < -0.3 is 14.5 Å². The second-order valence-electron chi connectivity index (χ2n) is 6.02. The van der Waals surface area contributed by atoms with Crippen molar-refractivity contribution >= 4 is 11.6 Å². The van der Waals surface area contributed by atoms with Crippen LogP contribution in [0.1, 0.15) is 29.3 Å². The van der Waals surface area contributed by atoms with Gasteiger partial charge in [-0.25, -0.2) is 4.39 Å². The van der Waals surface area contributed by atoms with Crippen molar-refractivity contribution in [1.82, 2.24) is 4.90 Å². The van der Waals surface area contributed by atoms with Crippen molar-refractivity contribution < 1.29 is 18.8 Å². The van der Waals surface area contributed by atoms with Crippen molar-refractivity contribution in [3.8, 4) is 5.75 Å². The van der Waals surface area contributed by atoms with Gasteiger partial charge in [0.1, 0.15) is 11.6 Å². The number of ether oxygens (including phenoxy) is 1. The summed E-state index contributed by atoms with van der Waals surface area (Å²) in [6.45, 7) is 2.68. The molecule has 5 nitrogen and oxygen atoms in total. The molecule has 26 heavy (non-hydrogen) atoms. The van der Waals surface area contributed by atoms with Crippen LogP contribution < -0.4 is 4.74 Å². The zero-order valence-electron chi connectivity index (χ0n) is 14.8. The summed E-state index contributed by atoms with van der Waals surface area (Å²) in [4.78, 5) is 19.7. The number of nitrogens with zero attached hydrogens (tertiary/aromatic N) is 2. The Balaban J connectivity index is 1.64. The van der Waals surface area contributed by atoms with Gasteiger partial charge in [-0.05, 0) is 48.9 Å². The van der Waals surface area contributed by atoms with Crippen molar-refractivity contribution in [3.05, 3.63) is 65.5 Å². The molecule has 0 saturated heterocycles. The first-order chi connectivity index (χ1) is 12.6. The van der Waals surface area contributed by atoms with E-state index in [2.05, 4.69) is 5.16 Å². The fourth-order valence-electron chi connectivity index (χ4n) is 2.89. The lowest BCUT2D eigenvalue weighted by molar-refractivity contribution is 0.0433. The zero-order valence-corrected chi connectivity index (χ0v) is 14.8. The van der Waals surface area contributed by atoms with E-state index >= 15 is 0 Å². The highest BCUT2D eigenvalue weighted by Crippen LogP contribution is 2.21. The number of rotatable bonds is 6. The molecule has 6 heteroatoms. The number of hydrogen-bond acceptors (Lipinski definition) is 4. The molecule has 0 bridgehead atoms. The van der Waals surface area contributed by atoms with Crippen LogP contribution in [0.5, 0.6) is 5.75 Å². The Morgan fingerprint density at radius 1 is 1.27 bits per heavy atom. The molecule has 1 unspecified atom stereocenters. The molecule has 0 saturated carbocycles. The Hall–Kier alpha value is -2.89. The minimum Gasteiger partial charge on any atom is -0.497 e. The number of carbonyl (C=O) groups is 1. The van der Waals surface area contributed by atoms with E-state index in [-0.39, 0.29) is 17.6 Å². The Kier molecular flexibility index (Phi) is 5.51. The maximum Gasteiger partial charge on any atom is 0.256 e. The summed E-state index contributed by atoms with van der Waals surface area (Å²) in [5.41, 5.74) is 1.85. The predicted octanol–water partition coefficient (Wildman–Crippen LogP) is 3.49. The SMILES string of the molecule is CCN(CC1CC(c2ccc(OC)cc2)=NO1)C(=O)c1ccccc1F. The van der Waals surface area contributed by atoms with E-state index < -0.39 is 5.82 Å². The lowest BCUT2D eigenvalue weighted by Crippen LogP contribution is -2.38. The van der Waals surface area contributed by atoms with E-state index in [1.54, 1.807) is 24.1 Å². The third-order valence-corrected chi connectivity index (χ3v) is 4.35. The fourth-order valence-corrected chi connectivity index (χ4v) is 2.89. The molecule has 0 spiro atoms. The quantitative estimate of drug-likeness (QED) is 0.796. The Morgan fingerprint density at radius 2 is 2.00 bits per heavy atom. The maximum atomic E-state index is 13.9. The maximum absolute atomic E-state index is 13.9. The van der Waals surface area contributed by atoms with Gasteiger partial charge in [-0.2, -0.15) is 0 Å². The smallest absolute Gasteiger partial charge is 0.256 e. The normalized spacial score (nSPS) is 16.0. The van der Waals surface area contributed by atoms with E-state index in [9.17, 15) is 9.18 Å². The number of likely N-dealkylation sites (N-methyl/N-ethyl adjacent to an activating group) is 1. The Bertz CT molecular complexity index is 805. The molecule has 0 N–H and O–H groups in total. The third-order valence-electron chi connectivity index (χ3n) is 4.35. The van der Waals surface area contributed by atoms with Gasteiger partial charge in [0.25, 0.3) is 5.91 Å². The van der Waals surface area contributed by atoms with Crippen LogP contribution in [0.4, 0.5) is 4.39 Å². The number of amides is 1. The summed E-state index contributed by atoms with van der Waals surface area (Å²) in [7, 11) is 1.62. The number of oxime groups is 1. The van der Waals surface area contributed by atoms with Crippen molar-refractivity contribution in [3.63, 3.8) is 0 Å². The molecule has 0 aliphatic carbocycles. The number of halogens is 1. The third kappa shape index (κ3) is 3.85. The first kappa shape index (κ1) is 17.9. The van der Waals surface area contributed by atoms with Crippen LogP contribution in [0.25, 0.3) is 0 Å². The molecule has 0 fully saturated rings. The standard InChI is InChI=1S/C20H21FN2O3/c1-3-23(20(24)17-6-4-5-7-18(17)21)13-16-12-19(22-26-16)14-8-10-15(25-2)11-9-14/h4-11,16H,3,12-13H2,1-2H3. The molecular formula is C20H21FN2O3. The molecular weight excluding hydrogens is 335 g/mol. The van der Waals surface area contributed by atoms with Crippen LogP contribution >= 0.6 is 0 Å². The summed E-state index contributed by atoms with van der Waals surface area (Å²) in [6.07, 6.45) is 0.343. The highest BCUT2D eigenvalue weighted by Gasteiger charge is 2.27. The highest BCUT2D eigenvalue weighted by atomic mass is 19.1. The molecule has 1 amide bonds. The monoisotopic (exact) mass is 356 g/mol. The second-order valence-corrected chi connectivity index (χ2v) is 6.02. The van der Waals surface area contributed by atoms with Gasteiger partial charge in [0.2, 0.25) is 0 Å². The van der Waals surface area contributed by atoms with Crippen molar-refractivity contribution in [2.45, 2.75) is 19.4 Å². The van der Waals surface area contributed by atoms with Crippen LogP contribution in [0.2, 0.25) is 0 Å². The van der Waals surface area contributed by atoms with Gasteiger partial charge in [-0.15, -0.1) is 0 Å². The van der Waals surface area contributed by atoms with Crippen LogP contribution in [-0.2, 0) is 4.84 Å². The molecule has 136 valence electrons. The van der Waals surface area contributed by atoms with Gasteiger partial charge >= 0.3 is 0 Å². The molecule has 1 aliphatic heterocycles. The van der Waals surface area contributed by atoms with E-state index in [1.165, 1.54) is 12.1 Å². The molecule has 0 radical (unpaired) electrons. The van der Waals surface area contributed by atoms with Gasteiger partial charge in [0.15, 0.2) is 6.10 Å². The average Bonchev–Trinajstić information content (AvgIpc) is 3.14. The Morgan fingerprint density at radius 3 is 2.65 bits per heavy atom. The van der Waals surface area contributed by atoms with E-state index in [4.69, 9.17) is 9.57 Å². The van der Waals surface area contributed by atoms with Gasteiger partial charge in [0, 0.05) is 13.0 Å². The fraction of sp³-hybridized carbons (Fsp3) is 0.300. The van der Waals surface area contributed by atoms with Gasteiger partial charge in [0.05, 0.1) is 24.9 Å². The number of benzene rings is 2. The zero-order chi connectivity index (χ0) is 18.5. The molecule has 2 aromatic rings. The molecule has 3 rings (SSSR count). The van der Waals surface area contributed by atoms with Crippen molar-refractivity contribution in [2.75, 3.05) is 20.2 Å². The molecule has 0 aromatic heterocycles. The highest BCUT2D eigenvalue weighted by molar-refractivity contribution is 6.01. The lowest BCUT2D eigenvalue weighted by atomic mass is 10.0. The van der Waals surface area contributed by atoms with E-state index in [1.807, 2.05) is 31.2 Å². The van der Waals surface area contributed by atoms with Crippen LogP contribution in [0, 0.1) is 5.82 Å². The first-order valence-electron chi connectivity index (χ1n) is 8.53. The minimum atomic E-state index is -0.515. The summed E-state index contributed by atoms with van der Waals surface area (Å²) in [5.74, 6) is -0.0805. The van der Waals surface area contributed by atoms with Crippen LogP contribution in [0.3, 0.4) is 0 Å². The number of hydrogen-bond donors (Lipinski definition) is 0. The predicted molar refractivity (Wildman–Crippen MR) is 97.0 cm³/mol. The van der Waals surface area contributed by atoms with E-state index in [0.717, 1.165) is 17.0 Å². The average molecular weight is 356 g/mol. The largest absolute Gasteiger partial charge is 0.497 e. The molecule has 1 aliphatic rings. The number of methoxy groups -OCH3 is 1. The summed E-state index contributed by atoms with van der Waals surface area (Å²) in [5, 5.41) is 4.14. The summed E-state index contributed by atoms with van der Waals surface area (Å²) in [6, 6.07) is 13.6. The van der Waals surface area contributed by atoms with Crippen LogP contribution in [-0.4, -0.2) is 42.8 Å². The molecule has 1 heterocycles. The Labute approximate surface area is 152 Å². The van der Waals surface area contributed by atoms with Crippen molar-refractivity contribution in [1.29, 1.82) is 0 Å². The minimum absolute atomic E-state index is 0.0728. The second kappa shape index (κ2) is 7.99. The summed E-state index contributed by atoms with van der Waals surface area (Å²) < 4.78 is 19.0. The molecule has 1 atom stereocenters. The van der Waals surface area contributed by atoms with Gasteiger partial charge in [-0.3, -0.25) is 4.79 Å².